The first-order valence-corrected chi connectivity index (χ1v) is 8.85. The molecule has 0 fully saturated rings. The summed E-state index contributed by atoms with van der Waals surface area (Å²) in [7, 11) is 0. The molecule has 2 aromatic carbocycles. The predicted molar refractivity (Wildman–Crippen MR) is 103 cm³/mol. The van der Waals surface area contributed by atoms with Crippen molar-refractivity contribution in [1.82, 2.24) is 5.32 Å². The van der Waals surface area contributed by atoms with Gasteiger partial charge in [-0.15, -0.1) is 0 Å². The first kappa shape index (κ1) is 18.8. The Morgan fingerprint density at radius 1 is 1.12 bits per heavy atom. The van der Waals surface area contributed by atoms with Crippen molar-refractivity contribution in [2.75, 3.05) is 12.3 Å². The number of ether oxygens (including phenoxy) is 1. The van der Waals surface area contributed by atoms with E-state index in [1.54, 1.807) is 0 Å². The summed E-state index contributed by atoms with van der Waals surface area (Å²) in [6.45, 7) is 6.88. The second-order valence-corrected chi connectivity index (χ2v) is 6.64. The molecule has 0 saturated carbocycles. The lowest BCUT2D eigenvalue weighted by Crippen LogP contribution is -2.31. The Balaban J connectivity index is 2.14. The number of hydrogen-bond donors (Lipinski definition) is 2. The number of nitrogens with two attached hydrogens (primary N) is 1. The Kier molecular flexibility index (Phi) is 6.87. The number of benzene rings is 2. The van der Waals surface area contributed by atoms with Gasteiger partial charge in [-0.3, -0.25) is 4.79 Å². The maximum Gasteiger partial charge on any atom is 0.224 e. The molecule has 4 nitrogen and oxygen atoms in total. The summed E-state index contributed by atoms with van der Waals surface area (Å²) in [5, 5.41) is 3.18. The minimum atomic E-state index is -0.0657. The molecule has 0 aromatic heterocycles. The molecule has 0 heterocycles. The Labute approximate surface area is 150 Å². The monoisotopic (exact) mass is 340 g/mol. The maximum atomic E-state index is 12.5. The van der Waals surface area contributed by atoms with Crippen LogP contribution in [0.4, 0.5) is 5.69 Å². The molecule has 0 aliphatic carbocycles. The number of para-hydroxylation sites is 1. The number of rotatable bonds is 8. The fourth-order valence-corrected chi connectivity index (χ4v) is 2.86. The molecular weight excluding hydrogens is 312 g/mol. The number of nitrogens with one attached hydrogen (secondary N) is 1. The van der Waals surface area contributed by atoms with Gasteiger partial charge in [-0.1, -0.05) is 44.2 Å². The van der Waals surface area contributed by atoms with Gasteiger partial charge in [0.05, 0.1) is 19.1 Å². The van der Waals surface area contributed by atoms with E-state index in [4.69, 9.17) is 10.5 Å². The molecule has 1 amide bonds. The lowest BCUT2D eigenvalue weighted by Gasteiger charge is -2.23. The molecule has 134 valence electrons. The summed E-state index contributed by atoms with van der Waals surface area (Å²) in [4.78, 5) is 12.5. The summed E-state index contributed by atoms with van der Waals surface area (Å²) in [6, 6.07) is 15.3. The van der Waals surface area contributed by atoms with Crippen LogP contribution < -0.4 is 15.8 Å². The van der Waals surface area contributed by atoms with Gasteiger partial charge in [-0.25, -0.2) is 0 Å². The Hall–Kier alpha value is -2.49. The molecule has 2 rings (SSSR count). The summed E-state index contributed by atoms with van der Waals surface area (Å²) < 4.78 is 5.75. The van der Waals surface area contributed by atoms with Crippen LogP contribution in [-0.4, -0.2) is 12.5 Å². The quantitative estimate of drug-likeness (QED) is 0.711. The third-order valence-electron chi connectivity index (χ3n) is 3.98. The van der Waals surface area contributed by atoms with E-state index in [1.165, 1.54) is 0 Å². The molecule has 0 bridgehead atoms. The predicted octanol–water partition coefficient (Wildman–Crippen LogP) is 4.11. The zero-order valence-corrected chi connectivity index (χ0v) is 15.3. The molecule has 0 aliphatic rings. The molecule has 0 radical (unpaired) electrons. The van der Waals surface area contributed by atoms with Crippen molar-refractivity contribution >= 4 is 11.6 Å². The van der Waals surface area contributed by atoms with E-state index < -0.39 is 0 Å². The number of amides is 1. The smallest absolute Gasteiger partial charge is 0.224 e. The van der Waals surface area contributed by atoms with E-state index in [-0.39, 0.29) is 11.9 Å². The molecule has 1 unspecified atom stereocenters. The third-order valence-corrected chi connectivity index (χ3v) is 3.98. The van der Waals surface area contributed by atoms with Gasteiger partial charge >= 0.3 is 0 Å². The van der Waals surface area contributed by atoms with Crippen LogP contribution in [0.25, 0.3) is 0 Å². The van der Waals surface area contributed by atoms with Crippen LogP contribution in [-0.2, 0) is 11.2 Å². The lowest BCUT2D eigenvalue weighted by molar-refractivity contribution is -0.121. The van der Waals surface area contributed by atoms with Gasteiger partial charge < -0.3 is 15.8 Å². The van der Waals surface area contributed by atoms with Crippen LogP contribution in [0.3, 0.4) is 0 Å². The molecule has 1 atom stereocenters. The van der Waals surface area contributed by atoms with Crippen LogP contribution >= 0.6 is 0 Å². The van der Waals surface area contributed by atoms with E-state index in [0.717, 1.165) is 23.3 Å². The highest BCUT2D eigenvalue weighted by Crippen LogP contribution is 2.29. The molecule has 4 heteroatoms. The van der Waals surface area contributed by atoms with E-state index >= 15 is 0 Å². The fourth-order valence-electron chi connectivity index (χ4n) is 2.86. The summed E-state index contributed by atoms with van der Waals surface area (Å²) in [5.41, 5.74) is 8.38. The van der Waals surface area contributed by atoms with Gasteiger partial charge in [0.1, 0.15) is 5.75 Å². The van der Waals surface area contributed by atoms with Crippen LogP contribution in [0.2, 0.25) is 0 Å². The van der Waals surface area contributed by atoms with E-state index in [0.29, 0.717) is 24.6 Å². The van der Waals surface area contributed by atoms with Gasteiger partial charge in [0.15, 0.2) is 0 Å². The first-order chi connectivity index (χ1) is 12.0. The molecule has 0 aliphatic heterocycles. The largest absolute Gasteiger partial charge is 0.494 e. The third kappa shape index (κ3) is 5.82. The van der Waals surface area contributed by atoms with Gasteiger partial charge in [-0.2, -0.15) is 0 Å². The van der Waals surface area contributed by atoms with Crippen molar-refractivity contribution in [2.45, 2.75) is 39.7 Å². The van der Waals surface area contributed by atoms with Crippen molar-refractivity contribution in [3.63, 3.8) is 0 Å². The number of carbonyl (C=O) groups excluding carboxylic acids is 1. The second-order valence-electron chi connectivity index (χ2n) is 6.64. The normalized spacial score (nSPS) is 12.0. The second kappa shape index (κ2) is 9.11. The van der Waals surface area contributed by atoms with Gasteiger partial charge in [0.25, 0.3) is 0 Å². The minimum Gasteiger partial charge on any atom is -0.494 e. The molecule has 25 heavy (non-hydrogen) atoms. The summed E-state index contributed by atoms with van der Waals surface area (Å²) >= 11 is 0. The van der Waals surface area contributed by atoms with E-state index in [1.807, 2.05) is 55.5 Å². The SMILES string of the molecule is CCOc1ccccc1C(CC(C)C)NC(=O)Cc1ccc(N)cc1. The van der Waals surface area contributed by atoms with Gasteiger partial charge in [0, 0.05) is 11.3 Å². The molecule has 3 N–H and O–H groups in total. The highest BCUT2D eigenvalue weighted by Gasteiger charge is 2.19. The van der Waals surface area contributed by atoms with Crippen LogP contribution in [0, 0.1) is 5.92 Å². The van der Waals surface area contributed by atoms with Crippen LogP contribution in [0.5, 0.6) is 5.75 Å². The van der Waals surface area contributed by atoms with Gasteiger partial charge in [-0.05, 0) is 43.0 Å². The fraction of sp³-hybridized carbons (Fsp3) is 0.381. The van der Waals surface area contributed by atoms with Crippen molar-refractivity contribution in [3.05, 3.63) is 59.7 Å². The molecular formula is C21H28N2O2. The Morgan fingerprint density at radius 2 is 1.80 bits per heavy atom. The topological polar surface area (TPSA) is 64.3 Å². The number of nitrogen functional groups attached to an aromatic ring is 1. The molecule has 0 saturated heterocycles. The van der Waals surface area contributed by atoms with Crippen molar-refractivity contribution in [3.8, 4) is 5.75 Å². The number of hydrogen-bond acceptors (Lipinski definition) is 3. The van der Waals surface area contributed by atoms with E-state index in [2.05, 4.69) is 19.2 Å². The average Bonchev–Trinajstić information content (AvgIpc) is 2.57. The number of carbonyl (C=O) groups is 1. The highest BCUT2D eigenvalue weighted by molar-refractivity contribution is 5.79. The highest BCUT2D eigenvalue weighted by atomic mass is 16.5. The van der Waals surface area contributed by atoms with Crippen molar-refractivity contribution < 1.29 is 9.53 Å². The summed E-state index contributed by atoms with van der Waals surface area (Å²) in [5.74, 6) is 1.29. The molecule has 0 spiro atoms. The average molecular weight is 340 g/mol. The van der Waals surface area contributed by atoms with Crippen LogP contribution in [0.15, 0.2) is 48.5 Å². The maximum absolute atomic E-state index is 12.5. The van der Waals surface area contributed by atoms with Gasteiger partial charge in [0.2, 0.25) is 5.91 Å². The Bertz CT molecular complexity index is 681. The molecule has 2 aromatic rings. The lowest BCUT2D eigenvalue weighted by atomic mass is 9.96. The first-order valence-electron chi connectivity index (χ1n) is 8.85. The van der Waals surface area contributed by atoms with Crippen LogP contribution in [0.1, 0.15) is 44.4 Å². The standard InChI is InChI=1S/C21H28N2O2/c1-4-25-20-8-6-5-7-18(20)19(13-15(2)3)23-21(24)14-16-9-11-17(22)12-10-16/h5-12,15,19H,4,13-14,22H2,1-3H3,(H,23,24). The minimum absolute atomic E-state index is 0.00160. The van der Waals surface area contributed by atoms with E-state index in [9.17, 15) is 4.79 Å². The zero-order valence-electron chi connectivity index (χ0n) is 15.3. The summed E-state index contributed by atoms with van der Waals surface area (Å²) in [6.07, 6.45) is 1.20. The Morgan fingerprint density at radius 3 is 2.44 bits per heavy atom. The number of anilines is 1. The van der Waals surface area contributed by atoms with Crippen molar-refractivity contribution in [1.29, 1.82) is 0 Å². The zero-order chi connectivity index (χ0) is 18.2. The van der Waals surface area contributed by atoms with Crippen molar-refractivity contribution in [2.24, 2.45) is 5.92 Å².